The van der Waals surface area contributed by atoms with Crippen LogP contribution in [-0.2, 0) is 17.1 Å². The normalized spacial score (nSPS) is 17.4. The molecule has 5 heteroatoms. The highest BCUT2D eigenvalue weighted by atomic mass is 32.2. The molecule has 2 aromatic rings. The van der Waals surface area contributed by atoms with Gasteiger partial charge < -0.3 is 5.32 Å². The lowest BCUT2D eigenvalue weighted by Gasteiger charge is -2.32. The molecule has 1 amide bonds. The van der Waals surface area contributed by atoms with Crippen LogP contribution >= 0.6 is 11.8 Å². The van der Waals surface area contributed by atoms with Gasteiger partial charge in [-0.3, -0.25) is 9.69 Å². The van der Waals surface area contributed by atoms with Crippen molar-refractivity contribution in [2.45, 2.75) is 32.1 Å². The Morgan fingerprint density at radius 3 is 2.79 bits per heavy atom. The van der Waals surface area contributed by atoms with Crippen LogP contribution in [-0.4, -0.2) is 36.2 Å². The number of thioether (sulfide) groups is 1. The Kier molecular flexibility index (Phi) is 7.92. The van der Waals surface area contributed by atoms with Gasteiger partial charge >= 0.3 is 0 Å². The summed E-state index contributed by atoms with van der Waals surface area (Å²) in [6, 6.07) is 15.1. The summed E-state index contributed by atoms with van der Waals surface area (Å²) >= 11 is 1.86. The fourth-order valence-corrected chi connectivity index (χ4v) is 4.54. The molecule has 0 spiro atoms. The third-order valence-corrected chi connectivity index (χ3v) is 6.27. The van der Waals surface area contributed by atoms with Crippen LogP contribution in [0.3, 0.4) is 0 Å². The minimum Gasteiger partial charge on any atom is -0.355 e. The first-order valence-electron chi connectivity index (χ1n) is 9.98. The number of piperidine rings is 1. The monoisotopic (exact) mass is 400 g/mol. The molecular formula is C23H29FN2OS. The number of halogens is 1. The molecule has 1 fully saturated rings. The average Bonchev–Trinajstić information content (AvgIpc) is 2.71. The van der Waals surface area contributed by atoms with Crippen LogP contribution in [0.1, 0.15) is 29.5 Å². The van der Waals surface area contributed by atoms with E-state index in [1.165, 1.54) is 23.3 Å². The number of aryl methyl sites for hydroxylation is 1. The number of nitrogens with one attached hydrogen (secondary N) is 1. The van der Waals surface area contributed by atoms with Crippen LogP contribution in [0, 0.1) is 18.7 Å². The highest BCUT2D eigenvalue weighted by molar-refractivity contribution is 7.98. The lowest BCUT2D eigenvalue weighted by atomic mass is 9.96. The van der Waals surface area contributed by atoms with Crippen LogP contribution in [0.25, 0.3) is 0 Å². The summed E-state index contributed by atoms with van der Waals surface area (Å²) in [4.78, 5) is 14.8. The maximum absolute atomic E-state index is 13.1. The van der Waals surface area contributed by atoms with Gasteiger partial charge in [-0.25, -0.2) is 4.39 Å². The second-order valence-electron chi connectivity index (χ2n) is 7.47. The van der Waals surface area contributed by atoms with E-state index in [-0.39, 0.29) is 17.6 Å². The maximum Gasteiger partial charge on any atom is 0.224 e. The highest BCUT2D eigenvalue weighted by Gasteiger charge is 2.25. The van der Waals surface area contributed by atoms with Crippen molar-refractivity contribution in [3.8, 4) is 0 Å². The Morgan fingerprint density at radius 1 is 1.21 bits per heavy atom. The standard InChI is InChI=1S/C23H29FN2OS/c1-18-5-2-3-6-21(18)17-28-14-12-25-23(27)20-7-4-13-26(16-20)15-19-8-10-22(24)11-9-19/h2-3,5-6,8-11,20H,4,7,12-17H2,1H3,(H,25,27)/t20-/m1/s1. The Hall–Kier alpha value is -1.85. The molecule has 1 N–H and O–H groups in total. The van der Waals surface area contributed by atoms with Gasteiger partial charge in [0.15, 0.2) is 0 Å². The van der Waals surface area contributed by atoms with Crippen molar-refractivity contribution < 1.29 is 9.18 Å². The molecule has 1 aliphatic rings. The molecule has 0 unspecified atom stereocenters. The van der Waals surface area contributed by atoms with Gasteiger partial charge in [0.1, 0.15) is 5.82 Å². The third kappa shape index (κ3) is 6.35. The van der Waals surface area contributed by atoms with Crippen molar-refractivity contribution in [2.75, 3.05) is 25.4 Å². The number of rotatable bonds is 8. The molecule has 3 rings (SSSR count). The van der Waals surface area contributed by atoms with E-state index in [0.717, 1.165) is 49.5 Å². The summed E-state index contributed by atoms with van der Waals surface area (Å²) in [5, 5.41) is 3.11. The number of hydrogen-bond donors (Lipinski definition) is 1. The van der Waals surface area contributed by atoms with E-state index in [9.17, 15) is 9.18 Å². The van der Waals surface area contributed by atoms with Gasteiger partial charge in [0.05, 0.1) is 5.92 Å². The lowest BCUT2D eigenvalue weighted by molar-refractivity contribution is -0.126. The van der Waals surface area contributed by atoms with Gasteiger partial charge in [0.25, 0.3) is 0 Å². The third-order valence-electron chi connectivity index (χ3n) is 5.26. The molecule has 0 bridgehead atoms. The summed E-state index contributed by atoms with van der Waals surface area (Å²) in [5.41, 5.74) is 3.78. The zero-order valence-corrected chi connectivity index (χ0v) is 17.3. The van der Waals surface area contributed by atoms with Crippen molar-refractivity contribution in [3.63, 3.8) is 0 Å². The van der Waals surface area contributed by atoms with Gasteiger partial charge in [-0.15, -0.1) is 0 Å². The minimum absolute atomic E-state index is 0.0515. The topological polar surface area (TPSA) is 32.3 Å². The van der Waals surface area contributed by atoms with Crippen molar-refractivity contribution in [1.82, 2.24) is 10.2 Å². The van der Waals surface area contributed by atoms with Crippen molar-refractivity contribution in [3.05, 3.63) is 71.0 Å². The van der Waals surface area contributed by atoms with E-state index in [1.807, 2.05) is 23.9 Å². The van der Waals surface area contributed by atoms with E-state index < -0.39 is 0 Å². The van der Waals surface area contributed by atoms with Crippen molar-refractivity contribution >= 4 is 17.7 Å². The molecule has 0 saturated carbocycles. The van der Waals surface area contributed by atoms with Crippen LogP contribution in [0.5, 0.6) is 0 Å². The van der Waals surface area contributed by atoms with Crippen LogP contribution < -0.4 is 5.32 Å². The van der Waals surface area contributed by atoms with E-state index in [1.54, 1.807) is 0 Å². The first-order valence-corrected chi connectivity index (χ1v) is 11.1. The summed E-state index contributed by atoms with van der Waals surface area (Å²) < 4.78 is 13.1. The Bertz CT molecular complexity index is 765. The SMILES string of the molecule is Cc1ccccc1CSCCNC(=O)[C@@H]1CCCN(Cc2ccc(F)cc2)C1. The summed E-state index contributed by atoms with van der Waals surface area (Å²) in [6.07, 6.45) is 1.98. The van der Waals surface area contributed by atoms with Crippen LogP contribution in [0.2, 0.25) is 0 Å². The second-order valence-corrected chi connectivity index (χ2v) is 8.58. The first-order chi connectivity index (χ1) is 13.6. The zero-order chi connectivity index (χ0) is 19.8. The van der Waals surface area contributed by atoms with Gasteiger partial charge in [0.2, 0.25) is 5.91 Å². The minimum atomic E-state index is -0.208. The quantitative estimate of drug-likeness (QED) is 0.667. The molecule has 1 heterocycles. The summed E-state index contributed by atoms with van der Waals surface area (Å²) in [6.45, 7) is 5.39. The number of carbonyl (C=O) groups excluding carboxylic acids is 1. The number of likely N-dealkylation sites (tertiary alicyclic amines) is 1. The summed E-state index contributed by atoms with van der Waals surface area (Å²) in [7, 11) is 0. The fourth-order valence-electron chi connectivity index (χ4n) is 3.61. The summed E-state index contributed by atoms with van der Waals surface area (Å²) in [5.74, 6) is 1.92. The number of hydrogen-bond acceptors (Lipinski definition) is 3. The van der Waals surface area contributed by atoms with E-state index in [2.05, 4.69) is 41.4 Å². The highest BCUT2D eigenvalue weighted by Crippen LogP contribution is 2.19. The molecule has 0 aromatic heterocycles. The van der Waals surface area contributed by atoms with E-state index in [0.29, 0.717) is 6.54 Å². The predicted octanol–water partition coefficient (Wildman–Crippen LogP) is 4.40. The van der Waals surface area contributed by atoms with E-state index in [4.69, 9.17) is 0 Å². The van der Waals surface area contributed by atoms with Crippen molar-refractivity contribution in [1.29, 1.82) is 0 Å². The van der Waals surface area contributed by atoms with Crippen LogP contribution in [0.4, 0.5) is 4.39 Å². The fraction of sp³-hybridized carbons (Fsp3) is 0.435. The molecule has 3 nitrogen and oxygen atoms in total. The Morgan fingerprint density at radius 2 is 2.00 bits per heavy atom. The zero-order valence-electron chi connectivity index (χ0n) is 16.5. The Labute approximate surface area is 171 Å². The molecule has 2 aromatic carbocycles. The molecule has 0 radical (unpaired) electrons. The van der Waals surface area contributed by atoms with Gasteiger partial charge in [-0.05, 0) is 55.1 Å². The smallest absolute Gasteiger partial charge is 0.224 e. The number of nitrogens with zero attached hydrogens (tertiary/aromatic N) is 1. The molecular weight excluding hydrogens is 371 g/mol. The van der Waals surface area contributed by atoms with Crippen LogP contribution in [0.15, 0.2) is 48.5 Å². The number of benzene rings is 2. The van der Waals surface area contributed by atoms with Crippen molar-refractivity contribution in [2.24, 2.45) is 5.92 Å². The first kappa shape index (κ1) is 20.9. The van der Waals surface area contributed by atoms with Gasteiger partial charge in [-0.2, -0.15) is 11.8 Å². The molecule has 1 aliphatic heterocycles. The number of amides is 1. The molecule has 1 atom stereocenters. The second kappa shape index (κ2) is 10.6. The van der Waals surface area contributed by atoms with Gasteiger partial charge in [0, 0.05) is 31.1 Å². The Balaban J connectivity index is 1.36. The molecule has 0 aliphatic carbocycles. The predicted molar refractivity (Wildman–Crippen MR) is 115 cm³/mol. The molecule has 28 heavy (non-hydrogen) atoms. The lowest BCUT2D eigenvalue weighted by Crippen LogP contribution is -2.43. The number of carbonyl (C=O) groups is 1. The maximum atomic E-state index is 13.1. The molecule has 150 valence electrons. The van der Waals surface area contributed by atoms with Gasteiger partial charge in [-0.1, -0.05) is 36.4 Å². The average molecular weight is 401 g/mol. The largest absolute Gasteiger partial charge is 0.355 e. The molecule has 1 saturated heterocycles. The van der Waals surface area contributed by atoms with E-state index >= 15 is 0 Å².